The predicted octanol–water partition coefficient (Wildman–Crippen LogP) is 1.84. The van der Waals surface area contributed by atoms with Crippen molar-refractivity contribution in [3.63, 3.8) is 0 Å². The Labute approximate surface area is 89.0 Å². The highest BCUT2D eigenvalue weighted by Crippen LogP contribution is 2.63. The summed E-state index contributed by atoms with van der Waals surface area (Å²) in [6, 6.07) is 0. The van der Waals surface area contributed by atoms with E-state index in [2.05, 4.69) is 0 Å². The lowest BCUT2D eigenvalue weighted by atomic mass is 10.1. The van der Waals surface area contributed by atoms with Crippen molar-refractivity contribution in [2.24, 2.45) is 0 Å². The normalized spacial score (nSPS) is 48.3. The molecular weight excluding hydrogens is 242 g/mol. The summed E-state index contributed by atoms with van der Waals surface area (Å²) in [5.74, 6) is 0. The lowest BCUT2D eigenvalue weighted by molar-refractivity contribution is -0.00598. The second-order valence-electron chi connectivity index (χ2n) is 3.91. The molecule has 1 fully saturated rings. The first kappa shape index (κ1) is 13.4. The summed E-state index contributed by atoms with van der Waals surface area (Å²) >= 11 is 0. The first-order chi connectivity index (χ1) is 6.68. The van der Waals surface area contributed by atoms with Crippen LogP contribution < -0.4 is 0 Å². The summed E-state index contributed by atoms with van der Waals surface area (Å²) in [7, 11) is -6.78. The Bertz CT molecular complexity index is 329. The van der Waals surface area contributed by atoms with Crippen LogP contribution in [0.4, 0.5) is 0 Å². The van der Waals surface area contributed by atoms with Crippen LogP contribution in [0, 0.1) is 0 Å². The molecule has 0 amide bonds. The van der Waals surface area contributed by atoms with Gasteiger partial charge in [0.2, 0.25) is 0 Å². The Morgan fingerprint density at radius 3 is 2.47 bits per heavy atom. The first-order valence-corrected chi connectivity index (χ1v) is 8.49. The number of hydrogen-bond donors (Lipinski definition) is 1. The topological polar surface area (TPSA) is 82.1 Å². The van der Waals surface area contributed by atoms with Crippen LogP contribution >= 0.6 is 15.2 Å². The molecule has 1 saturated heterocycles. The van der Waals surface area contributed by atoms with Crippen LogP contribution in [0.3, 0.4) is 0 Å². The van der Waals surface area contributed by atoms with E-state index in [9.17, 15) is 9.13 Å². The molecule has 6 nitrogen and oxygen atoms in total. The van der Waals surface area contributed by atoms with Crippen molar-refractivity contribution in [2.45, 2.75) is 18.9 Å². The zero-order valence-electron chi connectivity index (χ0n) is 9.00. The zero-order valence-corrected chi connectivity index (χ0v) is 10.8. The molecule has 0 radical (unpaired) electrons. The SMILES string of the molecule is CC1(CO)CCOP(C)(=O)OP(C)(=O)O1. The van der Waals surface area contributed by atoms with Crippen molar-refractivity contribution in [1.82, 2.24) is 0 Å². The lowest BCUT2D eigenvalue weighted by Gasteiger charge is -2.33. The summed E-state index contributed by atoms with van der Waals surface area (Å²) in [6.07, 6.45) is 0.308. The molecule has 0 spiro atoms. The molecule has 15 heavy (non-hydrogen) atoms. The van der Waals surface area contributed by atoms with Gasteiger partial charge in [0.1, 0.15) is 5.60 Å². The quantitative estimate of drug-likeness (QED) is 0.722. The maximum atomic E-state index is 11.8. The number of rotatable bonds is 1. The van der Waals surface area contributed by atoms with Gasteiger partial charge < -0.3 is 9.63 Å². The molecule has 0 aromatic rings. The monoisotopic (exact) mass is 258 g/mol. The van der Waals surface area contributed by atoms with Gasteiger partial charge in [-0.3, -0.25) is 13.7 Å². The average Bonchev–Trinajstić information content (AvgIpc) is 1.98. The molecule has 3 atom stereocenters. The van der Waals surface area contributed by atoms with E-state index >= 15 is 0 Å². The molecule has 0 bridgehead atoms. The van der Waals surface area contributed by atoms with E-state index in [-0.39, 0.29) is 13.2 Å². The van der Waals surface area contributed by atoms with Gasteiger partial charge in [-0.05, 0) is 6.92 Å². The molecule has 3 unspecified atom stereocenters. The van der Waals surface area contributed by atoms with E-state index in [0.717, 1.165) is 0 Å². The van der Waals surface area contributed by atoms with Crippen LogP contribution in [0.2, 0.25) is 0 Å². The first-order valence-electron chi connectivity index (χ1n) is 4.51. The molecule has 8 heteroatoms. The fourth-order valence-corrected chi connectivity index (χ4v) is 5.14. The van der Waals surface area contributed by atoms with E-state index in [0.29, 0.717) is 6.42 Å². The van der Waals surface area contributed by atoms with Gasteiger partial charge in [0.15, 0.2) is 0 Å². The largest absolute Gasteiger partial charge is 0.393 e. The van der Waals surface area contributed by atoms with Crippen molar-refractivity contribution in [1.29, 1.82) is 0 Å². The summed E-state index contributed by atoms with van der Waals surface area (Å²) in [5, 5.41) is 9.10. The number of aliphatic hydroxyl groups is 1. The van der Waals surface area contributed by atoms with Gasteiger partial charge in [-0.2, -0.15) is 0 Å². The van der Waals surface area contributed by atoms with Crippen molar-refractivity contribution in [2.75, 3.05) is 26.5 Å². The zero-order chi connectivity index (χ0) is 11.7. The van der Waals surface area contributed by atoms with Gasteiger partial charge in [0.05, 0.1) is 13.2 Å². The highest BCUT2D eigenvalue weighted by molar-refractivity contribution is 7.66. The van der Waals surface area contributed by atoms with Crippen LogP contribution in [0.25, 0.3) is 0 Å². The van der Waals surface area contributed by atoms with Crippen molar-refractivity contribution in [3.8, 4) is 0 Å². The highest BCUT2D eigenvalue weighted by Gasteiger charge is 2.40. The lowest BCUT2D eigenvalue weighted by Crippen LogP contribution is -2.34. The van der Waals surface area contributed by atoms with Crippen LogP contribution in [-0.4, -0.2) is 37.3 Å². The third kappa shape index (κ3) is 3.99. The Morgan fingerprint density at radius 2 is 1.93 bits per heavy atom. The van der Waals surface area contributed by atoms with Crippen LogP contribution in [0.15, 0.2) is 0 Å². The summed E-state index contributed by atoms with van der Waals surface area (Å²) in [5.41, 5.74) is -0.981. The Balaban J connectivity index is 2.89. The van der Waals surface area contributed by atoms with Gasteiger partial charge in [-0.1, -0.05) is 0 Å². The molecule has 1 rings (SSSR count). The molecule has 1 aliphatic rings. The van der Waals surface area contributed by atoms with Gasteiger partial charge in [0, 0.05) is 19.8 Å². The summed E-state index contributed by atoms with van der Waals surface area (Å²) < 4.78 is 38.3. The Hall–Kier alpha value is 0.300. The Kier molecular flexibility index (Phi) is 3.82. The predicted molar refractivity (Wildman–Crippen MR) is 55.3 cm³/mol. The van der Waals surface area contributed by atoms with Crippen molar-refractivity contribution in [3.05, 3.63) is 0 Å². The second-order valence-corrected chi connectivity index (χ2v) is 8.09. The van der Waals surface area contributed by atoms with E-state index in [1.54, 1.807) is 6.92 Å². The third-order valence-electron chi connectivity index (χ3n) is 1.97. The molecular formula is C7H16O6P2. The average molecular weight is 258 g/mol. The van der Waals surface area contributed by atoms with E-state index in [4.69, 9.17) is 18.5 Å². The molecule has 0 aromatic heterocycles. The second kappa shape index (κ2) is 4.28. The maximum absolute atomic E-state index is 11.8. The highest BCUT2D eigenvalue weighted by atomic mass is 31.3. The van der Waals surface area contributed by atoms with Gasteiger partial charge in [0.25, 0.3) is 0 Å². The molecule has 1 heterocycles. The molecule has 1 N–H and O–H groups in total. The molecule has 0 saturated carbocycles. The summed E-state index contributed by atoms with van der Waals surface area (Å²) in [4.78, 5) is 0. The number of aliphatic hydroxyl groups excluding tert-OH is 1. The van der Waals surface area contributed by atoms with E-state index in [1.165, 1.54) is 13.3 Å². The van der Waals surface area contributed by atoms with Gasteiger partial charge in [-0.15, -0.1) is 0 Å². The van der Waals surface area contributed by atoms with Crippen molar-refractivity contribution >= 4 is 15.2 Å². The standard InChI is InChI=1S/C7H16O6P2/c1-7(6-8)4-5-11-14(2,9)13-15(3,10)12-7/h8H,4-6H2,1-3H3. The molecule has 90 valence electrons. The fourth-order valence-electron chi connectivity index (χ4n) is 1.29. The van der Waals surface area contributed by atoms with Crippen molar-refractivity contribution < 1.29 is 27.6 Å². The van der Waals surface area contributed by atoms with Gasteiger partial charge >= 0.3 is 15.2 Å². The minimum atomic E-state index is -3.47. The maximum Gasteiger partial charge on any atom is 0.335 e. The van der Waals surface area contributed by atoms with Crippen LogP contribution in [0.5, 0.6) is 0 Å². The van der Waals surface area contributed by atoms with E-state index in [1.807, 2.05) is 0 Å². The molecule has 0 aliphatic carbocycles. The number of hydrogen-bond acceptors (Lipinski definition) is 6. The fraction of sp³-hybridized carbons (Fsp3) is 1.00. The minimum absolute atomic E-state index is 0.130. The third-order valence-corrected chi connectivity index (χ3v) is 5.77. The Morgan fingerprint density at radius 1 is 1.33 bits per heavy atom. The summed E-state index contributed by atoms with van der Waals surface area (Å²) in [6.45, 7) is 3.89. The molecule has 1 aliphatic heterocycles. The molecule has 0 aromatic carbocycles. The smallest absolute Gasteiger partial charge is 0.335 e. The van der Waals surface area contributed by atoms with Gasteiger partial charge in [-0.25, -0.2) is 4.31 Å². The van der Waals surface area contributed by atoms with Crippen LogP contribution in [0.1, 0.15) is 13.3 Å². The van der Waals surface area contributed by atoms with Crippen LogP contribution in [-0.2, 0) is 22.5 Å². The minimum Gasteiger partial charge on any atom is -0.393 e. The van der Waals surface area contributed by atoms with E-state index < -0.39 is 20.8 Å².